The summed E-state index contributed by atoms with van der Waals surface area (Å²) in [7, 11) is -0.492. The number of aryl methyl sites for hydroxylation is 1. The van der Waals surface area contributed by atoms with Gasteiger partial charge in [0.1, 0.15) is 11.4 Å². The highest BCUT2D eigenvalue weighted by Gasteiger charge is 2.55. The van der Waals surface area contributed by atoms with Gasteiger partial charge in [0.15, 0.2) is 11.5 Å². The number of carbonyl (C=O) groups is 3. The van der Waals surface area contributed by atoms with Crippen LogP contribution in [0.4, 0.5) is 5.69 Å². The molecular weight excluding hydrogens is 676 g/mol. The SMILES string of the molecule is COc1ccc(C(CCC(N)=O)(c2nc(S(=O)(=O)O)cn2C)N2C(=O)c3cccc(N4CCN(C(C)c5ccccc5)CC4)c3C2=O)cc1OC. The van der Waals surface area contributed by atoms with E-state index < -0.39 is 38.4 Å². The van der Waals surface area contributed by atoms with Gasteiger partial charge in [-0.25, -0.2) is 4.98 Å². The number of rotatable bonds is 12. The quantitative estimate of drug-likeness (QED) is 0.162. The summed E-state index contributed by atoms with van der Waals surface area (Å²) in [6.45, 7) is 4.77. The van der Waals surface area contributed by atoms with Crippen molar-refractivity contribution in [3.05, 3.63) is 101 Å². The Morgan fingerprint density at radius 2 is 1.65 bits per heavy atom. The minimum absolute atomic E-state index is 0.108. The predicted molar refractivity (Wildman–Crippen MR) is 187 cm³/mol. The van der Waals surface area contributed by atoms with E-state index in [9.17, 15) is 27.4 Å². The lowest BCUT2D eigenvalue weighted by molar-refractivity contribution is -0.118. The molecule has 2 unspecified atom stereocenters. The summed E-state index contributed by atoms with van der Waals surface area (Å²) >= 11 is 0. The van der Waals surface area contributed by atoms with Crippen molar-refractivity contribution >= 4 is 33.5 Å². The normalized spacial score (nSPS) is 16.9. The summed E-state index contributed by atoms with van der Waals surface area (Å²) in [5.41, 5.74) is 6.12. The highest BCUT2D eigenvalue weighted by atomic mass is 32.2. The molecule has 1 aromatic heterocycles. The highest BCUT2D eigenvalue weighted by Crippen LogP contribution is 2.47. The first-order chi connectivity index (χ1) is 24.3. The molecule has 3 aromatic carbocycles. The molecule has 1 saturated heterocycles. The molecular formula is C36H40N6O8S. The Morgan fingerprint density at radius 1 is 0.961 bits per heavy atom. The van der Waals surface area contributed by atoms with Crippen LogP contribution in [0.15, 0.2) is 78.0 Å². The van der Waals surface area contributed by atoms with Gasteiger partial charge in [-0.1, -0.05) is 42.5 Å². The van der Waals surface area contributed by atoms with Crippen molar-refractivity contribution in [2.24, 2.45) is 12.8 Å². The maximum atomic E-state index is 14.9. The van der Waals surface area contributed by atoms with Gasteiger partial charge in [0.25, 0.3) is 11.8 Å². The number of carbonyl (C=O) groups excluding carboxylic acids is 3. The number of hydrogen-bond donors (Lipinski definition) is 2. The van der Waals surface area contributed by atoms with Gasteiger partial charge in [0.2, 0.25) is 10.9 Å². The molecule has 3 N–H and O–H groups in total. The van der Waals surface area contributed by atoms with Crippen LogP contribution in [-0.4, -0.2) is 90.4 Å². The third-order valence-electron chi connectivity index (χ3n) is 9.84. The van der Waals surface area contributed by atoms with E-state index in [-0.39, 0.29) is 47.1 Å². The van der Waals surface area contributed by atoms with Gasteiger partial charge in [-0.15, -0.1) is 0 Å². The molecule has 1 fully saturated rings. The van der Waals surface area contributed by atoms with Gasteiger partial charge in [0.05, 0.1) is 31.0 Å². The molecule has 2 atom stereocenters. The third kappa shape index (κ3) is 6.32. The molecule has 15 heteroatoms. The first kappa shape index (κ1) is 35.6. The molecule has 2 aliphatic rings. The number of anilines is 1. The summed E-state index contributed by atoms with van der Waals surface area (Å²) in [5, 5.41) is -0.705. The second kappa shape index (κ2) is 13.8. The van der Waals surface area contributed by atoms with Crippen LogP contribution in [0.1, 0.15) is 63.5 Å². The van der Waals surface area contributed by atoms with Gasteiger partial charge >= 0.3 is 10.1 Å². The Hall–Kier alpha value is -5.25. The number of imidazole rings is 1. The lowest BCUT2D eigenvalue weighted by atomic mass is 9.81. The van der Waals surface area contributed by atoms with E-state index in [1.807, 2.05) is 24.3 Å². The number of hydrogen-bond acceptors (Lipinski definition) is 10. The van der Waals surface area contributed by atoms with Crippen molar-refractivity contribution in [2.75, 3.05) is 45.3 Å². The van der Waals surface area contributed by atoms with Crippen molar-refractivity contribution < 1.29 is 36.8 Å². The Kier molecular flexibility index (Phi) is 9.63. The Balaban J connectivity index is 1.48. The minimum Gasteiger partial charge on any atom is -0.493 e. The number of nitrogens with zero attached hydrogens (tertiary/aromatic N) is 5. The molecule has 268 valence electrons. The van der Waals surface area contributed by atoms with Crippen LogP contribution in [0.5, 0.6) is 11.5 Å². The maximum Gasteiger partial charge on any atom is 0.313 e. The molecule has 3 heterocycles. The van der Waals surface area contributed by atoms with Crippen LogP contribution in [0.3, 0.4) is 0 Å². The molecule has 0 spiro atoms. The largest absolute Gasteiger partial charge is 0.493 e. The van der Waals surface area contributed by atoms with Crippen LogP contribution in [0.25, 0.3) is 0 Å². The van der Waals surface area contributed by atoms with Gasteiger partial charge in [-0.3, -0.25) is 28.7 Å². The van der Waals surface area contributed by atoms with Gasteiger partial charge in [-0.2, -0.15) is 8.42 Å². The van der Waals surface area contributed by atoms with Crippen molar-refractivity contribution in [3.63, 3.8) is 0 Å². The average Bonchev–Trinajstić information content (AvgIpc) is 3.66. The fourth-order valence-electron chi connectivity index (χ4n) is 7.24. The van der Waals surface area contributed by atoms with Crippen LogP contribution >= 0.6 is 0 Å². The minimum atomic E-state index is -4.82. The number of imide groups is 1. The summed E-state index contributed by atoms with van der Waals surface area (Å²) in [5.74, 6) is -1.60. The van der Waals surface area contributed by atoms with Gasteiger partial charge in [-0.05, 0) is 48.7 Å². The molecule has 3 amide bonds. The van der Waals surface area contributed by atoms with Crippen molar-refractivity contribution in [2.45, 2.75) is 36.4 Å². The van der Waals surface area contributed by atoms with E-state index in [1.54, 1.807) is 30.3 Å². The summed E-state index contributed by atoms with van der Waals surface area (Å²) < 4.78 is 46.9. The number of nitrogens with two attached hydrogens (primary N) is 1. The molecule has 14 nitrogen and oxygen atoms in total. The van der Waals surface area contributed by atoms with Crippen LogP contribution < -0.4 is 20.1 Å². The summed E-state index contributed by atoms with van der Waals surface area (Å²) in [4.78, 5) is 51.8. The molecule has 0 aliphatic carbocycles. The van der Waals surface area contributed by atoms with E-state index in [2.05, 4.69) is 33.8 Å². The number of benzene rings is 3. The van der Waals surface area contributed by atoms with Crippen molar-refractivity contribution in [3.8, 4) is 11.5 Å². The van der Waals surface area contributed by atoms with Gasteiger partial charge in [0, 0.05) is 51.9 Å². The molecule has 0 radical (unpaired) electrons. The summed E-state index contributed by atoms with van der Waals surface area (Å²) in [6, 6.07) is 20.2. The van der Waals surface area contributed by atoms with E-state index in [0.29, 0.717) is 37.6 Å². The third-order valence-corrected chi connectivity index (χ3v) is 10.6. The van der Waals surface area contributed by atoms with Crippen LogP contribution in [0.2, 0.25) is 0 Å². The number of amides is 3. The standard InChI is InChI=1S/C36H40N6O8S/c1-23(24-9-6-5-7-10-24)40-17-19-41(20-18-40)27-12-8-11-26-32(27)34(45)42(33(26)44)36(16-15-30(37)43,25-13-14-28(49-3)29(21-25)50-4)35-38-31(22-39(35)2)51(46,47)48/h5-14,21-23H,15-20H2,1-4H3,(H2,37,43)(H,46,47,48). The molecule has 0 bridgehead atoms. The van der Waals surface area contributed by atoms with Gasteiger partial charge < -0.3 is 24.7 Å². The zero-order valence-electron chi connectivity index (χ0n) is 28.8. The van der Waals surface area contributed by atoms with Crippen molar-refractivity contribution in [1.82, 2.24) is 19.4 Å². The smallest absolute Gasteiger partial charge is 0.313 e. The Bertz CT molecular complexity index is 2100. The van der Waals surface area contributed by atoms with E-state index in [4.69, 9.17) is 15.2 Å². The molecule has 51 heavy (non-hydrogen) atoms. The highest BCUT2D eigenvalue weighted by molar-refractivity contribution is 7.85. The average molecular weight is 717 g/mol. The van der Waals surface area contributed by atoms with E-state index >= 15 is 0 Å². The lowest BCUT2D eigenvalue weighted by Crippen LogP contribution is -2.52. The second-order valence-electron chi connectivity index (χ2n) is 12.6. The zero-order chi connectivity index (χ0) is 36.7. The fourth-order valence-corrected chi connectivity index (χ4v) is 7.73. The Labute approximate surface area is 296 Å². The van der Waals surface area contributed by atoms with E-state index in [1.165, 1.54) is 31.4 Å². The molecule has 2 aliphatic heterocycles. The molecule has 4 aromatic rings. The molecule has 6 rings (SSSR count). The first-order valence-electron chi connectivity index (χ1n) is 16.4. The second-order valence-corrected chi connectivity index (χ2v) is 14.0. The zero-order valence-corrected chi connectivity index (χ0v) is 29.6. The van der Waals surface area contributed by atoms with Crippen molar-refractivity contribution in [1.29, 1.82) is 0 Å². The number of methoxy groups -OCH3 is 2. The number of primary amides is 1. The van der Waals surface area contributed by atoms with E-state index in [0.717, 1.165) is 11.1 Å². The van der Waals surface area contributed by atoms with Crippen LogP contribution in [0, 0.1) is 0 Å². The van der Waals surface area contributed by atoms with Crippen LogP contribution in [-0.2, 0) is 27.5 Å². The number of piperazine rings is 1. The number of fused-ring (bicyclic) bond motifs is 1. The monoisotopic (exact) mass is 716 g/mol. The summed E-state index contributed by atoms with van der Waals surface area (Å²) in [6.07, 6.45) is 0.471. The topological polar surface area (TPSA) is 178 Å². The maximum absolute atomic E-state index is 14.9. The first-order valence-corrected chi connectivity index (χ1v) is 17.8. The fraction of sp³-hybridized carbons (Fsp3) is 0.333. The number of aromatic nitrogens is 2. The number of ether oxygens (including phenoxy) is 2. The lowest BCUT2D eigenvalue weighted by Gasteiger charge is -2.41. The Morgan fingerprint density at radius 3 is 2.25 bits per heavy atom. The predicted octanol–water partition coefficient (Wildman–Crippen LogP) is 3.37. The molecule has 0 saturated carbocycles.